The van der Waals surface area contributed by atoms with Gasteiger partial charge in [0.05, 0.1) is 16.4 Å². The Morgan fingerprint density at radius 1 is 0.452 bits per heavy atom. The molecule has 0 saturated heterocycles. The van der Waals surface area contributed by atoms with Gasteiger partial charge in [0.1, 0.15) is 11.6 Å². The molecule has 0 N–H and O–H groups in total. The lowest BCUT2D eigenvalue weighted by Gasteiger charge is -2.46. The van der Waals surface area contributed by atoms with Gasteiger partial charge in [-0.05, 0) is 208 Å². The highest BCUT2D eigenvalue weighted by molar-refractivity contribution is 5.91. The molecule has 0 radical (unpaired) electrons. The van der Waals surface area contributed by atoms with E-state index >= 15 is 8.78 Å². The van der Waals surface area contributed by atoms with Crippen LogP contribution in [0.4, 0.5) is 31.5 Å². The molecule has 0 saturated carbocycles. The van der Waals surface area contributed by atoms with E-state index in [1.54, 1.807) is 24.3 Å². The van der Waals surface area contributed by atoms with Crippen LogP contribution in [0.1, 0.15) is 98.2 Å². The lowest BCUT2D eigenvalue weighted by molar-refractivity contribution is 0.493. The van der Waals surface area contributed by atoms with Gasteiger partial charge in [0.25, 0.3) is 0 Å². The second kappa shape index (κ2) is 20.8. The highest BCUT2D eigenvalue weighted by Gasteiger charge is 2.51. The van der Waals surface area contributed by atoms with E-state index < -0.39 is 16.4 Å². The van der Waals surface area contributed by atoms with Gasteiger partial charge in [0.15, 0.2) is 0 Å². The predicted octanol–water partition coefficient (Wildman–Crippen LogP) is 20.5. The molecule has 10 aromatic carbocycles. The van der Waals surface area contributed by atoms with E-state index in [2.05, 4.69) is 247 Å². The molecule has 0 bridgehead atoms. The van der Waals surface area contributed by atoms with Gasteiger partial charge in [-0.2, -0.15) is 0 Å². The summed E-state index contributed by atoms with van der Waals surface area (Å²) in [6, 6.07) is 76.8. The highest BCUT2D eigenvalue weighted by atomic mass is 19.1. The van der Waals surface area contributed by atoms with Crippen molar-refractivity contribution in [3.63, 3.8) is 0 Å². The van der Waals surface area contributed by atoms with Crippen molar-refractivity contribution in [2.45, 2.75) is 70.4 Å². The third kappa shape index (κ3) is 8.24. The molecule has 412 valence electrons. The van der Waals surface area contributed by atoms with Crippen molar-refractivity contribution >= 4 is 34.9 Å². The molecule has 0 fully saturated rings. The van der Waals surface area contributed by atoms with Gasteiger partial charge in [-0.25, -0.2) is 8.78 Å². The largest absolute Gasteiger partial charge is 0.337 e. The average molecular weight is 1100 g/mol. The predicted molar refractivity (Wildman–Crippen MR) is 348 cm³/mol. The van der Waals surface area contributed by atoms with Crippen LogP contribution in [0.15, 0.2) is 256 Å². The SMILES string of the molecule is C=Cc1ccc(C2(c3cc(C)ccc3C)c3ccccc3-c3ccc(N(c4ccc(F)cc4)[C@@H]4CC=C(C(C)(C=C)N(c5ccc(F)cc5)c5ccc6c(c5)C(c5ccc(C=C)cc5)(c5cc(C)ccc5C)c5ccccc5-6)[C@H]4C)cc32)cc1. The molecule has 0 aliphatic heterocycles. The minimum atomic E-state index is -0.858. The molecule has 3 unspecified atom stereocenters. The molecule has 4 heteroatoms. The molecule has 13 rings (SSSR count). The number of halogens is 2. The van der Waals surface area contributed by atoms with Crippen molar-refractivity contribution in [3.8, 4) is 22.3 Å². The Labute approximate surface area is 494 Å². The summed E-state index contributed by atoms with van der Waals surface area (Å²) in [5, 5.41) is 0. The maximum atomic E-state index is 15.3. The Bertz CT molecular complexity index is 4280. The van der Waals surface area contributed by atoms with E-state index in [1.165, 1.54) is 89.0 Å². The topological polar surface area (TPSA) is 6.48 Å². The van der Waals surface area contributed by atoms with Gasteiger partial charge in [-0.1, -0.05) is 201 Å². The maximum Gasteiger partial charge on any atom is 0.123 e. The number of aryl methyl sites for hydroxylation is 4. The van der Waals surface area contributed by atoms with Crippen LogP contribution in [0.5, 0.6) is 0 Å². The number of rotatable bonds is 14. The number of anilines is 4. The van der Waals surface area contributed by atoms with Crippen LogP contribution >= 0.6 is 0 Å². The first-order valence-corrected chi connectivity index (χ1v) is 29.3. The summed E-state index contributed by atoms with van der Waals surface area (Å²) in [6.45, 7) is 26.3. The summed E-state index contributed by atoms with van der Waals surface area (Å²) in [7, 11) is 0. The van der Waals surface area contributed by atoms with E-state index in [1.807, 2.05) is 36.4 Å². The van der Waals surface area contributed by atoms with E-state index in [4.69, 9.17) is 6.58 Å². The average Bonchev–Trinajstić information content (AvgIpc) is 1.69. The molecule has 0 heterocycles. The summed E-state index contributed by atoms with van der Waals surface area (Å²) < 4.78 is 30.5. The Morgan fingerprint density at radius 3 is 1.36 bits per heavy atom. The van der Waals surface area contributed by atoms with Crippen molar-refractivity contribution < 1.29 is 8.78 Å². The van der Waals surface area contributed by atoms with Gasteiger partial charge in [0.2, 0.25) is 0 Å². The second-order valence-electron chi connectivity index (χ2n) is 23.6. The Morgan fingerprint density at radius 2 is 0.881 bits per heavy atom. The van der Waals surface area contributed by atoms with Crippen LogP contribution in [-0.4, -0.2) is 11.6 Å². The second-order valence-corrected chi connectivity index (χ2v) is 23.6. The van der Waals surface area contributed by atoms with Gasteiger partial charge in [-0.3, -0.25) is 0 Å². The number of hydrogen-bond acceptors (Lipinski definition) is 2. The zero-order valence-electron chi connectivity index (χ0n) is 48.7. The summed E-state index contributed by atoms with van der Waals surface area (Å²) in [6.07, 6.45) is 8.96. The fourth-order valence-electron chi connectivity index (χ4n) is 14.9. The van der Waals surface area contributed by atoms with E-state index in [0.717, 1.165) is 39.4 Å². The first-order chi connectivity index (χ1) is 40.7. The van der Waals surface area contributed by atoms with E-state index in [9.17, 15) is 0 Å². The summed E-state index contributed by atoms with van der Waals surface area (Å²) in [5.74, 6) is -0.686. The van der Waals surface area contributed by atoms with Crippen LogP contribution < -0.4 is 9.80 Å². The molecule has 3 aliphatic rings. The lowest BCUT2D eigenvalue weighted by atomic mass is 9.66. The molecule has 0 spiro atoms. The minimum Gasteiger partial charge on any atom is -0.337 e. The van der Waals surface area contributed by atoms with Crippen molar-refractivity contribution in [1.82, 2.24) is 0 Å². The molecule has 3 aliphatic carbocycles. The van der Waals surface area contributed by atoms with Gasteiger partial charge >= 0.3 is 0 Å². The monoisotopic (exact) mass is 1090 g/mol. The lowest BCUT2D eigenvalue weighted by Crippen LogP contribution is -2.47. The molecule has 0 amide bonds. The zero-order chi connectivity index (χ0) is 58.2. The summed E-state index contributed by atoms with van der Waals surface area (Å²) in [4.78, 5) is 4.81. The Hall–Kier alpha value is -9.38. The summed E-state index contributed by atoms with van der Waals surface area (Å²) in [5.41, 5.74) is 23.9. The molecule has 84 heavy (non-hydrogen) atoms. The van der Waals surface area contributed by atoms with Gasteiger partial charge in [-0.15, -0.1) is 6.58 Å². The zero-order valence-corrected chi connectivity index (χ0v) is 48.7. The van der Waals surface area contributed by atoms with Crippen LogP contribution in [-0.2, 0) is 10.8 Å². The summed E-state index contributed by atoms with van der Waals surface area (Å²) >= 11 is 0. The highest BCUT2D eigenvalue weighted by Crippen LogP contribution is 2.61. The molecule has 10 aromatic rings. The number of nitrogens with zero attached hydrogens (tertiary/aromatic N) is 2. The molecular weight excluding hydrogens is 1030 g/mol. The molecule has 2 nitrogen and oxygen atoms in total. The fraction of sp³-hybridized carbons (Fsp3) is 0.150. The van der Waals surface area contributed by atoms with Crippen LogP contribution in [0.3, 0.4) is 0 Å². The minimum absolute atomic E-state index is 0.0854. The van der Waals surface area contributed by atoms with Crippen molar-refractivity contribution in [3.05, 3.63) is 345 Å². The Balaban J connectivity index is 0.982. The molecular formula is C80H68F2N2. The fourth-order valence-corrected chi connectivity index (χ4v) is 14.9. The van der Waals surface area contributed by atoms with Gasteiger partial charge < -0.3 is 9.80 Å². The Kier molecular flexibility index (Phi) is 13.3. The van der Waals surface area contributed by atoms with Crippen molar-refractivity contribution in [1.29, 1.82) is 0 Å². The molecule has 5 atom stereocenters. The first-order valence-electron chi connectivity index (χ1n) is 29.3. The maximum absolute atomic E-state index is 15.3. The third-order valence-corrected chi connectivity index (χ3v) is 19.0. The van der Waals surface area contributed by atoms with Crippen molar-refractivity contribution in [2.75, 3.05) is 9.80 Å². The standard InChI is InChI=1S/C80H68F2N2/c1-10-56-25-29-58(30-26-56)79(73-47-51(4)21-23-53(73)6)71-19-15-13-17-66(71)68-43-41-64(49-75(68)79)83(62-37-33-60(81)34-38-62)77-46-45-70(55(77)8)78(9,12-3)84(63-39-35-61(82)36-40-63)65-42-44-69-67-18-14-16-20-72(67)80(76(69)50-65,59-31-27-57(11-2)28-32-59)74-48-52(5)22-24-54(74)7/h10-45,47-50,55,77H,1-3,46H2,4-9H3/t55-,77-,78?,79?,80?/m1/s1. The van der Waals surface area contributed by atoms with Gasteiger partial charge in [0, 0.05) is 34.7 Å². The number of benzene rings is 10. The first kappa shape index (κ1) is 53.9. The van der Waals surface area contributed by atoms with Crippen molar-refractivity contribution in [2.24, 2.45) is 5.92 Å². The number of hydrogen-bond donors (Lipinski definition) is 0. The van der Waals surface area contributed by atoms with Crippen LogP contribution in [0, 0.1) is 45.2 Å². The van der Waals surface area contributed by atoms with Crippen LogP contribution in [0.2, 0.25) is 0 Å². The number of fused-ring (bicyclic) bond motifs is 6. The van der Waals surface area contributed by atoms with E-state index in [0.29, 0.717) is 6.42 Å². The third-order valence-electron chi connectivity index (χ3n) is 19.0. The normalized spacial score (nSPS) is 18.8. The van der Waals surface area contributed by atoms with E-state index in [-0.39, 0.29) is 23.6 Å². The molecule has 0 aromatic heterocycles. The smallest absolute Gasteiger partial charge is 0.123 e. The van der Waals surface area contributed by atoms with Crippen LogP contribution in [0.25, 0.3) is 34.4 Å². The quantitative estimate of drug-likeness (QED) is 0.100.